The molecule has 0 radical (unpaired) electrons. The third kappa shape index (κ3) is 6.10. The summed E-state index contributed by atoms with van der Waals surface area (Å²) in [6, 6.07) is 0.500. The van der Waals surface area contributed by atoms with E-state index in [4.69, 9.17) is 0 Å². The molecule has 0 aliphatic heterocycles. The van der Waals surface area contributed by atoms with Crippen molar-refractivity contribution in [2.45, 2.75) is 38.6 Å². The van der Waals surface area contributed by atoms with Gasteiger partial charge < -0.3 is 5.32 Å². The van der Waals surface area contributed by atoms with Gasteiger partial charge in [0.15, 0.2) is 0 Å². The summed E-state index contributed by atoms with van der Waals surface area (Å²) < 4.78 is 10.9. The minimum Gasteiger partial charge on any atom is -0.314 e. The highest BCUT2D eigenvalue weighted by atomic mass is 32.2. The molecule has 0 saturated carbocycles. The normalized spacial score (nSPS) is 25.1. The molecule has 15 heavy (non-hydrogen) atoms. The average Bonchev–Trinajstić information content (AvgIpc) is 2.25. The molecule has 0 bridgehead atoms. The van der Waals surface area contributed by atoms with Gasteiger partial charge in [0.05, 0.1) is 0 Å². The molecule has 0 aromatic rings. The predicted octanol–water partition coefficient (Wildman–Crippen LogP) is 2.09. The van der Waals surface area contributed by atoms with Crippen molar-refractivity contribution in [2.75, 3.05) is 18.6 Å². The molecule has 0 fully saturated rings. The maximum atomic E-state index is 10.9. The van der Waals surface area contributed by atoms with E-state index < -0.39 is 10.8 Å². The van der Waals surface area contributed by atoms with Crippen LogP contribution in [-0.4, -0.2) is 28.8 Å². The van der Waals surface area contributed by atoms with Gasteiger partial charge in [-0.25, -0.2) is 0 Å². The maximum absolute atomic E-state index is 10.9. The molecule has 3 atom stereocenters. The van der Waals surface area contributed by atoms with E-state index >= 15 is 0 Å². The van der Waals surface area contributed by atoms with Crippen LogP contribution in [0.4, 0.5) is 0 Å². The Bertz CT molecular complexity index is 228. The molecule has 0 aromatic carbocycles. The van der Waals surface area contributed by atoms with E-state index in [0.29, 0.717) is 6.04 Å². The fourth-order valence-electron chi connectivity index (χ4n) is 1.85. The molecule has 0 heterocycles. The van der Waals surface area contributed by atoms with Gasteiger partial charge in [0.2, 0.25) is 0 Å². The van der Waals surface area contributed by atoms with Crippen molar-refractivity contribution in [3.8, 4) is 0 Å². The van der Waals surface area contributed by atoms with Crippen molar-refractivity contribution >= 4 is 10.8 Å². The smallest absolute Gasteiger partial charge is 0.0246 e. The van der Waals surface area contributed by atoms with Gasteiger partial charge in [0, 0.05) is 28.9 Å². The number of hydrogen-bond donors (Lipinski definition) is 1. The van der Waals surface area contributed by atoms with E-state index in [2.05, 4.69) is 24.4 Å². The minimum absolute atomic E-state index is 0.500. The van der Waals surface area contributed by atoms with Gasteiger partial charge in [-0.05, 0) is 45.1 Å². The highest BCUT2D eigenvalue weighted by Gasteiger charge is 2.11. The fourth-order valence-corrected chi connectivity index (χ4v) is 2.54. The zero-order valence-electron chi connectivity index (χ0n) is 9.87. The van der Waals surface area contributed by atoms with Crippen LogP contribution in [0.15, 0.2) is 12.2 Å². The first-order valence-corrected chi connectivity index (χ1v) is 7.59. The van der Waals surface area contributed by atoms with Gasteiger partial charge in [-0.1, -0.05) is 12.2 Å². The third-order valence-electron chi connectivity index (χ3n) is 2.97. The molecule has 3 heteroatoms. The summed E-state index contributed by atoms with van der Waals surface area (Å²) in [7, 11) is -0.646. The zero-order valence-corrected chi connectivity index (χ0v) is 10.7. The quantitative estimate of drug-likeness (QED) is 0.707. The molecule has 0 aromatic heterocycles. The molecule has 1 aliphatic carbocycles. The minimum atomic E-state index is -0.646. The lowest BCUT2D eigenvalue weighted by Crippen LogP contribution is -2.32. The van der Waals surface area contributed by atoms with Crippen LogP contribution in [0.1, 0.15) is 32.6 Å². The third-order valence-corrected chi connectivity index (χ3v) is 3.78. The molecular formula is C12H23NOS. The first kappa shape index (κ1) is 12.9. The van der Waals surface area contributed by atoms with Gasteiger partial charge >= 0.3 is 0 Å². The van der Waals surface area contributed by atoms with E-state index in [9.17, 15) is 4.21 Å². The Morgan fingerprint density at radius 3 is 2.93 bits per heavy atom. The molecule has 0 spiro atoms. The lowest BCUT2D eigenvalue weighted by atomic mass is 9.94. The highest BCUT2D eigenvalue weighted by Crippen LogP contribution is 2.17. The topological polar surface area (TPSA) is 29.1 Å². The van der Waals surface area contributed by atoms with Crippen molar-refractivity contribution in [1.82, 2.24) is 5.32 Å². The first-order valence-electron chi connectivity index (χ1n) is 5.87. The Kier molecular flexibility index (Phi) is 6.18. The molecule has 1 rings (SSSR count). The summed E-state index contributed by atoms with van der Waals surface area (Å²) in [6.07, 6.45) is 11.1. The molecule has 2 nitrogen and oxygen atoms in total. The van der Waals surface area contributed by atoms with Crippen LogP contribution in [0.25, 0.3) is 0 Å². The summed E-state index contributed by atoms with van der Waals surface area (Å²) in [5.41, 5.74) is 0. The SMILES string of the molecule is CC(CCS(C)=O)NCC1CC=CCC1. The number of hydrogen-bond acceptors (Lipinski definition) is 2. The number of rotatable bonds is 6. The van der Waals surface area contributed by atoms with Crippen LogP contribution in [0.5, 0.6) is 0 Å². The van der Waals surface area contributed by atoms with Crippen LogP contribution in [-0.2, 0) is 10.8 Å². The van der Waals surface area contributed by atoms with Crippen molar-refractivity contribution in [3.63, 3.8) is 0 Å². The van der Waals surface area contributed by atoms with Crippen LogP contribution in [0.2, 0.25) is 0 Å². The monoisotopic (exact) mass is 229 g/mol. The average molecular weight is 229 g/mol. The highest BCUT2D eigenvalue weighted by molar-refractivity contribution is 7.84. The van der Waals surface area contributed by atoms with Crippen LogP contribution < -0.4 is 5.32 Å². The Balaban J connectivity index is 2.07. The second kappa shape index (κ2) is 7.18. The molecular weight excluding hydrogens is 206 g/mol. The fraction of sp³-hybridized carbons (Fsp3) is 0.833. The number of nitrogens with one attached hydrogen (secondary N) is 1. The Hall–Kier alpha value is -0.150. The van der Waals surface area contributed by atoms with Crippen molar-refractivity contribution in [1.29, 1.82) is 0 Å². The standard InChI is InChI=1S/C12H23NOS/c1-11(8-9-15(2)14)13-10-12-6-4-3-5-7-12/h3-4,11-13H,5-10H2,1-2H3. The second-order valence-corrected chi connectivity index (χ2v) is 6.08. The van der Waals surface area contributed by atoms with Crippen molar-refractivity contribution < 1.29 is 4.21 Å². The van der Waals surface area contributed by atoms with Crippen LogP contribution in [0.3, 0.4) is 0 Å². The summed E-state index contributed by atoms with van der Waals surface area (Å²) in [5, 5.41) is 3.54. The van der Waals surface area contributed by atoms with Crippen molar-refractivity contribution in [2.24, 2.45) is 5.92 Å². The Morgan fingerprint density at radius 1 is 1.53 bits per heavy atom. The molecule has 0 saturated heterocycles. The lowest BCUT2D eigenvalue weighted by molar-refractivity contribution is 0.407. The molecule has 1 aliphatic rings. The Labute approximate surface area is 96.0 Å². The number of allylic oxidation sites excluding steroid dienone is 2. The zero-order chi connectivity index (χ0) is 11.1. The summed E-state index contributed by atoms with van der Waals surface area (Å²) in [6.45, 7) is 3.30. The molecule has 88 valence electrons. The molecule has 1 N–H and O–H groups in total. The summed E-state index contributed by atoms with van der Waals surface area (Å²) in [4.78, 5) is 0. The van der Waals surface area contributed by atoms with E-state index in [-0.39, 0.29) is 0 Å². The van der Waals surface area contributed by atoms with Crippen LogP contribution in [0, 0.1) is 5.92 Å². The van der Waals surface area contributed by atoms with Gasteiger partial charge in [-0.15, -0.1) is 0 Å². The largest absolute Gasteiger partial charge is 0.314 e. The van der Waals surface area contributed by atoms with Gasteiger partial charge in [-0.2, -0.15) is 0 Å². The van der Waals surface area contributed by atoms with E-state index in [1.807, 2.05) is 0 Å². The van der Waals surface area contributed by atoms with E-state index in [1.165, 1.54) is 19.3 Å². The van der Waals surface area contributed by atoms with E-state index in [0.717, 1.165) is 24.6 Å². The van der Waals surface area contributed by atoms with Crippen molar-refractivity contribution in [3.05, 3.63) is 12.2 Å². The predicted molar refractivity (Wildman–Crippen MR) is 67.5 cm³/mol. The van der Waals surface area contributed by atoms with Gasteiger partial charge in [0.1, 0.15) is 0 Å². The molecule has 3 unspecified atom stereocenters. The van der Waals surface area contributed by atoms with E-state index in [1.54, 1.807) is 6.26 Å². The summed E-state index contributed by atoms with van der Waals surface area (Å²) >= 11 is 0. The van der Waals surface area contributed by atoms with Gasteiger partial charge in [0.25, 0.3) is 0 Å². The first-order chi connectivity index (χ1) is 7.18. The molecule has 0 amide bonds. The maximum Gasteiger partial charge on any atom is 0.0246 e. The second-order valence-electron chi connectivity index (χ2n) is 4.53. The Morgan fingerprint density at radius 2 is 2.33 bits per heavy atom. The van der Waals surface area contributed by atoms with Crippen LogP contribution >= 0.6 is 0 Å². The van der Waals surface area contributed by atoms with Gasteiger partial charge in [-0.3, -0.25) is 4.21 Å². The lowest BCUT2D eigenvalue weighted by Gasteiger charge is -2.21. The summed E-state index contributed by atoms with van der Waals surface area (Å²) in [5.74, 6) is 1.63.